The minimum Gasteiger partial charge on any atom is -0.442 e. The summed E-state index contributed by atoms with van der Waals surface area (Å²) in [4.78, 5) is 44.9. The molecule has 4 rings (SSSR count). The lowest BCUT2D eigenvalue weighted by Crippen LogP contribution is -2.49. The molecule has 0 aliphatic carbocycles. The predicted molar refractivity (Wildman–Crippen MR) is 127 cm³/mol. The molecule has 186 valence electrons. The van der Waals surface area contributed by atoms with E-state index in [1.807, 2.05) is 6.07 Å². The zero-order valence-corrected chi connectivity index (χ0v) is 19.7. The molecule has 35 heavy (non-hydrogen) atoms. The molecule has 3 amide bonds. The quantitative estimate of drug-likeness (QED) is 0.636. The van der Waals surface area contributed by atoms with E-state index < -0.39 is 18.0 Å². The van der Waals surface area contributed by atoms with Crippen molar-refractivity contribution in [2.45, 2.75) is 13.0 Å². The summed E-state index contributed by atoms with van der Waals surface area (Å²) in [5, 5.41) is 2.61. The lowest BCUT2D eigenvalue weighted by Gasteiger charge is -2.35. The van der Waals surface area contributed by atoms with Crippen LogP contribution in [0.1, 0.15) is 6.92 Å². The van der Waals surface area contributed by atoms with E-state index in [0.717, 1.165) is 5.82 Å². The maximum atomic E-state index is 15.0. The Labute approximate surface area is 202 Å². The average Bonchev–Trinajstić information content (AvgIpc) is 3.23. The SMILES string of the molecule is COCC(=O)N1CCN(c2ccc(-c3ccc(N4C[C@H](CNC(C)=O)OC4=O)cc3F)cn2)CC1. The van der Waals surface area contributed by atoms with Crippen LogP contribution in [0, 0.1) is 5.82 Å². The van der Waals surface area contributed by atoms with Crippen LogP contribution < -0.4 is 15.1 Å². The van der Waals surface area contributed by atoms with Gasteiger partial charge < -0.3 is 24.6 Å². The fraction of sp³-hybridized carbons (Fsp3) is 0.417. The molecule has 0 bridgehead atoms. The Bertz CT molecular complexity index is 1090. The topological polar surface area (TPSA) is 104 Å². The molecule has 2 aliphatic rings. The van der Waals surface area contributed by atoms with Gasteiger partial charge in [-0.05, 0) is 30.3 Å². The summed E-state index contributed by atoms with van der Waals surface area (Å²) in [6.07, 6.45) is 0.539. The van der Waals surface area contributed by atoms with Crippen LogP contribution in [0.3, 0.4) is 0 Å². The van der Waals surface area contributed by atoms with Crippen molar-refractivity contribution in [2.75, 3.05) is 62.8 Å². The maximum Gasteiger partial charge on any atom is 0.414 e. The molecule has 1 aromatic carbocycles. The first-order valence-corrected chi connectivity index (χ1v) is 11.4. The molecule has 2 fully saturated rings. The summed E-state index contributed by atoms with van der Waals surface area (Å²) in [7, 11) is 1.50. The molecule has 3 heterocycles. The van der Waals surface area contributed by atoms with Crippen LogP contribution in [0.5, 0.6) is 0 Å². The van der Waals surface area contributed by atoms with Gasteiger partial charge in [0.25, 0.3) is 0 Å². The van der Waals surface area contributed by atoms with Crippen LogP contribution >= 0.6 is 0 Å². The number of carbonyl (C=O) groups excluding carboxylic acids is 3. The molecular formula is C24H28FN5O5. The van der Waals surface area contributed by atoms with Gasteiger partial charge in [-0.15, -0.1) is 0 Å². The van der Waals surface area contributed by atoms with E-state index in [-0.39, 0.29) is 31.5 Å². The van der Waals surface area contributed by atoms with E-state index in [1.54, 1.807) is 29.3 Å². The molecule has 0 spiro atoms. The maximum absolute atomic E-state index is 15.0. The Kier molecular flexibility index (Phi) is 7.45. The van der Waals surface area contributed by atoms with Crippen LogP contribution in [0.2, 0.25) is 0 Å². The van der Waals surface area contributed by atoms with Crippen molar-refractivity contribution in [1.82, 2.24) is 15.2 Å². The number of halogens is 1. The van der Waals surface area contributed by atoms with Crippen molar-refractivity contribution in [2.24, 2.45) is 0 Å². The molecule has 1 N–H and O–H groups in total. The Morgan fingerprint density at radius 2 is 1.97 bits per heavy atom. The lowest BCUT2D eigenvalue weighted by molar-refractivity contribution is -0.135. The van der Waals surface area contributed by atoms with Crippen molar-refractivity contribution in [3.05, 3.63) is 42.3 Å². The van der Waals surface area contributed by atoms with Crippen molar-refractivity contribution in [3.8, 4) is 11.1 Å². The van der Waals surface area contributed by atoms with Crippen LogP contribution in [0.25, 0.3) is 11.1 Å². The Morgan fingerprint density at radius 3 is 2.60 bits per heavy atom. The molecule has 0 radical (unpaired) electrons. The van der Waals surface area contributed by atoms with Crippen molar-refractivity contribution >= 4 is 29.4 Å². The molecule has 1 aromatic heterocycles. The first-order valence-electron chi connectivity index (χ1n) is 11.4. The highest BCUT2D eigenvalue weighted by atomic mass is 19.1. The molecule has 2 saturated heterocycles. The van der Waals surface area contributed by atoms with Gasteiger partial charge in [-0.3, -0.25) is 14.5 Å². The third kappa shape index (κ3) is 5.68. The van der Waals surface area contributed by atoms with Crippen molar-refractivity contribution in [1.29, 1.82) is 0 Å². The van der Waals surface area contributed by atoms with E-state index in [1.165, 1.54) is 25.0 Å². The van der Waals surface area contributed by atoms with Crippen LogP contribution in [0.4, 0.5) is 20.7 Å². The molecule has 1 atom stereocenters. The van der Waals surface area contributed by atoms with Crippen molar-refractivity contribution in [3.63, 3.8) is 0 Å². The third-order valence-corrected chi connectivity index (χ3v) is 6.00. The third-order valence-electron chi connectivity index (χ3n) is 6.00. The lowest BCUT2D eigenvalue weighted by atomic mass is 10.1. The highest BCUT2D eigenvalue weighted by molar-refractivity contribution is 5.90. The number of ether oxygens (including phenoxy) is 2. The summed E-state index contributed by atoms with van der Waals surface area (Å²) in [6.45, 7) is 4.37. The van der Waals surface area contributed by atoms with Gasteiger partial charge in [-0.2, -0.15) is 0 Å². The number of benzene rings is 1. The van der Waals surface area contributed by atoms with Gasteiger partial charge in [-0.25, -0.2) is 14.2 Å². The zero-order valence-electron chi connectivity index (χ0n) is 19.7. The number of nitrogens with one attached hydrogen (secondary N) is 1. The number of hydrogen-bond acceptors (Lipinski definition) is 7. The van der Waals surface area contributed by atoms with E-state index in [0.29, 0.717) is 43.0 Å². The first-order chi connectivity index (χ1) is 16.9. The number of hydrogen-bond donors (Lipinski definition) is 1. The number of methoxy groups -OCH3 is 1. The molecule has 2 aromatic rings. The second-order valence-electron chi connectivity index (χ2n) is 8.42. The van der Waals surface area contributed by atoms with E-state index in [4.69, 9.17) is 9.47 Å². The number of anilines is 2. The second-order valence-corrected chi connectivity index (χ2v) is 8.42. The van der Waals surface area contributed by atoms with E-state index >= 15 is 0 Å². The Balaban J connectivity index is 1.39. The van der Waals surface area contributed by atoms with Gasteiger partial charge in [0.15, 0.2) is 0 Å². The summed E-state index contributed by atoms with van der Waals surface area (Å²) in [6, 6.07) is 8.19. The number of piperazine rings is 1. The molecule has 0 unspecified atom stereocenters. The van der Waals surface area contributed by atoms with Gasteiger partial charge in [-0.1, -0.05) is 0 Å². The largest absolute Gasteiger partial charge is 0.442 e. The van der Waals surface area contributed by atoms with E-state index in [2.05, 4.69) is 15.2 Å². The predicted octanol–water partition coefficient (Wildman–Crippen LogP) is 1.64. The molecule has 2 aliphatic heterocycles. The highest BCUT2D eigenvalue weighted by Crippen LogP contribution is 2.29. The first kappa shape index (κ1) is 24.4. The average molecular weight is 486 g/mol. The summed E-state index contributed by atoms with van der Waals surface area (Å²) < 4.78 is 25.1. The standard InChI is InChI=1S/C24H28FN5O5/c1-16(31)26-13-19-14-30(24(33)35-19)18-4-5-20(21(25)11-18)17-3-6-22(27-12-17)28-7-9-29(10-8-28)23(32)15-34-2/h3-6,11-12,19H,7-10,13-15H2,1-2H3,(H,26,31)/t19-/m0/s1. The summed E-state index contributed by atoms with van der Waals surface area (Å²) in [5.74, 6) is 0.0313. The number of aromatic nitrogens is 1. The summed E-state index contributed by atoms with van der Waals surface area (Å²) in [5.41, 5.74) is 1.36. The zero-order chi connectivity index (χ0) is 24.9. The number of carbonyl (C=O) groups is 3. The highest BCUT2D eigenvalue weighted by Gasteiger charge is 2.32. The molecule has 10 nitrogen and oxygen atoms in total. The number of pyridine rings is 1. The van der Waals surface area contributed by atoms with Gasteiger partial charge in [0.05, 0.1) is 18.8 Å². The van der Waals surface area contributed by atoms with Crippen LogP contribution in [-0.4, -0.2) is 86.9 Å². The van der Waals surface area contributed by atoms with Gasteiger partial charge >= 0.3 is 6.09 Å². The Morgan fingerprint density at radius 1 is 1.20 bits per heavy atom. The van der Waals surface area contributed by atoms with E-state index in [9.17, 15) is 18.8 Å². The smallest absolute Gasteiger partial charge is 0.414 e. The minimum absolute atomic E-state index is 0.0279. The van der Waals surface area contributed by atoms with Crippen molar-refractivity contribution < 1.29 is 28.2 Å². The fourth-order valence-corrected chi connectivity index (χ4v) is 4.13. The molecule has 0 saturated carbocycles. The van der Waals surface area contributed by atoms with Gasteiger partial charge in [0.1, 0.15) is 24.3 Å². The number of nitrogens with zero attached hydrogens (tertiary/aromatic N) is 4. The normalized spacial score (nSPS) is 18.0. The number of rotatable bonds is 7. The number of amides is 3. The van der Waals surface area contributed by atoms with Crippen LogP contribution in [0.15, 0.2) is 36.5 Å². The fourth-order valence-electron chi connectivity index (χ4n) is 4.13. The van der Waals surface area contributed by atoms with Crippen LogP contribution in [-0.2, 0) is 19.1 Å². The van der Waals surface area contributed by atoms with Gasteiger partial charge in [0.2, 0.25) is 11.8 Å². The van der Waals surface area contributed by atoms with Gasteiger partial charge in [0, 0.05) is 57.5 Å². The number of cyclic esters (lactones) is 1. The molecular weight excluding hydrogens is 457 g/mol. The Hall–Kier alpha value is -3.73. The molecule has 11 heteroatoms. The monoisotopic (exact) mass is 485 g/mol. The minimum atomic E-state index is -0.581. The second kappa shape index (κ2) is 10.7. The summed E-state index contributed by atoms with van der Waals surface area (Å²) >= 11 is 0.